The van der Waals surface area contributed by atoms with Crippen molar-refractivity contribution in [3.63, 3.8) is 0 Å². The van der Waals surface area contributed by atoms with Gasteiger partial charge in [0.05, 0.1) is 28.4 Å². The first-order valence-electron chi connectivity index (χ1n) is 20.5. The van der Waals surface area contributed by atoms with E-state index in [0.717, 1.165) is 22.7 Å². The van der Waals surface area contributed by atoms with E-state index in [1.165, 1.54) is 77.1 Å². The molecule has 0 amide bonds. The second-order valence-electron chi connectivity index (χ2n) is 16.1. The average Bonchev–Trinajstić information content (AvgIpc) is 3.30. The fourth-order valence-electron chi connectivity index (χ4n) is 9.59. The van der Waals surface area contributed by atoms with Crippen LogP contribution in [0.3, 0.4) is 0 Å². The van der Waals surface area contributed by atoms with Crippen LogP contribution in [0.4, 0.5) is 34.1 Å². The van der Waals surface area contributed by atoms with E-state index in [4.69, 9.17) is 0 Å². The van der Waals surface area contributed by atoms with Crippen molar-refractivity contribution in [3.8, 4) is 22.3 Å². The number of anilines is 6. The van der Waals surface area contributed by atoms with Gasteiger partial charge in [-0.15, -0.1) is 0 Å². The lowest BCUT2D eigenvalue weighted by Crippen LogP contribution is -2.32. The molecule has 0 saturated heterocycles. The molecule has 0 bridgehead atoms. The molecule has 280 valence electrons. The highest BCUT2D eigenvalue weighted by atomic mass is 15.2. The van der Waals surface area contributed by atoms with Crippen molar-refractivity contribution in [2.75, 3.05) is 9.80 Å². The summed E-state index contributed by atoms with van der Waals surface area (Å²) in [7, 11) is 0. The molecule has 1 aliphatic heterocycles. The van der Waals surface area contributed by atoms with Crippen LogP contribution >= 0.6 is 0 Å². The molecule has 59 heavy (non-hydrogen) atoms. The molecule has 0 radical (unpaired) electrons. The average molecular weight is 755 g/mol. The number of nitrogens with zero attached hydrogens (tertiary/aromatic N) is 2. The second-order valence-corrected chi connectivity index (χ2v) is 16.1. The minimum absolute atomic E-state index is 0.294. The third kappa shape index (κ3) is 5.71. The Hall–Kier alpha value is -7.42. The van der Waals surface area contributed by atoms with E-state index in [0.29, 0.717) is 0 Å². The van der Waals surface area contributed by atoms with Gasteiger partial charge in [-0.1, -0.05) is 190 Å². The van der Waals surface area contributed by atoms with Gasteiger partial charge in [-0.25, -0.2) is 0 Å². The molecule has 2 heteroatoms. The largest absolute Gasteiger partial charge is 0.308 e. The van der Waals surface area contributed by atoms with Crippen LogP contribution in [0.5, 0.6) is 0 Å². The number of benzene rings is 10. The van der Waals surface area contributed by atoms with Crippen LogP contribution in [0.2, 0.25) is 0 Å². The lowest BCUT2D eigenvalue weighted by Gasteiger charge is -2.44. The van der Waals surface area contributed by atoms with E-state index in [2.05, 4.69) is 242 Å². The minimum Gasteiger partial charge on any atom is -0.308 e. The molecular weight excluding hydrogens is 713 g/mol. The highest BCUT2D eigenvalue weighted by Crippen LogP contribution is 2.58. The summed E-state index contributed by atoms with van der Waals surface area (Å²) in [5, 5.41) is 7.27. The molecule has 0 atom stereocenters. The Balaban J connectivity index is 1.22. The summed E-state index contributed by atoms with van der Waals surface area (Å²) in [4.78, 5) is 5.04. The Morgan fingerprint density at radius 2 is 0.966 bits per heavy atom. The summed E-state index contributed by atoms with van der Waals surface area (Å²) < 4.78 is 0. The van der Waals surface area contributed by atoms with Crippen LogP contribution in [0, 0.1) is 0 Å². The zero-order valence-electron chi connectivity index (χ0n) is 33.2. The van der Waals surface area contributed by atoms with Gasteiger partial charge in [-0.2, -0.15) is 0 Å². The lowest BCUT2D eigenvalue weighted by molar-refractivity contribution is 0.634. The third-order valence-corrected chi connectivity index (χ3v) is 12.4. The topological polar surface area (TPSA) is 6.48 Å². The van der Waals surface area contributed by atoms with Crippen molar-refractivity contribution in [2.24, 2.45) is 0 Å². The first-order chi connectivity index (χ1) is 29.0. The maximum atomic E-state index is 2.56. The van der Waals surface area contributed by atoms with Crippen LogP contribution in [0.1, 0.15) is 25.0 Å². The van der Waals surface area contributed by atoms with Crippen molar-refractivity contribution in [1.29, 1.82) is 0 Å². The van der Waals surface area contributed by atoms with Crippen LogP contribution in [0.15, 0.2) is 218 Å². The van der Waals surface area contributed by atoms with Crippen molar-refractivity contribution >= 4 is 66.4 Å². The molecule has 0 spiro atoms. The van der Waals surface area contributed by atoms with Gasteiger partial charge in [-0.05, 0) is 97.4 Å². The van der Waals surface area contributed by atoms with Crippen LogP contribution in [0.25, 0.3) is 54.6 Å². The molecule has 1 heterocycles. The molecule has 0 unspecified atom stereocenters. The third-order valence-electron chi connectivity index (χ3n) is 12.4. The molecule has 0 aliphatic carbocycles. The first kappa shape index (κ1) is 34.8. The van der Waals surface area contributed by atoms with Gasteiger partial charge in [-0.3, -0.25) is 0 Å². The van der Waals surface area contributed by atoms with Crippen LogP contribution in [-0.2, 0) is 5.41 Å². The fraction of sp³-hybridized carbons (Fsp3) is 0.0526. The minimum atomic E-state index is -0.294. The quantitative estimate of drug-likeness (QED) is 0.167. The molecule has 0 fully saturated rings. The van der Waals surface area contributed by atoms with Gasteiger partial charge in [0, 0.05) is 21.9 Å². The van der Waals surface area contributed by atoms with Gasteiger partial charge >= 0.3 is 0 Å². The normalized spacial score (nSPS) is 13.0. The number of fused-ring (bicyclic) bond motifs is 5. The molecule has 11 rings (SSSR count). The van der Waals surface area contributed by atoms with Gasteiger partial charge in [0.25, 0.3) is 0 Å². The maximum absolute atomic E-state index is 2.56. The fourth-order valence-corrected chi connectivity index (χ4v) is 9.59. The zero-order valence-corrected chi connectivity index (χ0v) is 33.2. The van der Waals surface area contributed by atoms with Crippen molar-refractivity contribution in [2.45, 2.75) is 19.3 Å². The SMILES string of the molecule is CC1(C)c2ccccc2N(c2c(N(c3ccc(-c4ccccc4)cc3)c3cccc4ccccc34)ccc3ccccc23)c2cccc(-c3ccc4ccccc4c3)c21. The molecular formula is C57H42N2. The Bertz CT molecular complexity index is 3190. The summed E-state index contributed by atoms with van der Waals surface area (Å²) >= 11 is 0. The summed E-state index contributed by atoms with van der Waals surface area (Å²) in [6.45, 7) is 4.79. The molecule has 2 nitrogen and oxygen atoms in total. The van der Waals surface area contributed by atoms with Crippen molar-refractivity contribution in [1.82, 2.24) is 0 Å². The monoisotopic (exact) mass is 754 g/mol. The van der Waals surface area contributed by atoms with Gasteiger partial charge in [0.1, 0.15) is 0 Å². The summed E-state index contributed by atoms with van der Waals surface area (Å²) in [5.74, 6) is 0. The number of hydrogen-bond acceptors (Lipinski definition) is 2. The molecule has 0 aromatic heterocycles. The maximum Gasteiger partial charge on any atom is 0.0781 e. The highest BCUT2D eigenvalue weighted by Gasteiger charge is 2.40. The van der Waals surface area contributed by atoms with Crippen molar-refractivity contribution < 1.29 is 0 Å². The summed E-state index contributed by atoms with van der Waals surface area (Å²) in [6, 6.07) is 80.1. The first-order valence-corrected chi connectivity index (χ1v) is 20.5. The summed E-state index contributed by atoms with van der Waals surface area (Å²) in [6.07, 6.45) is 0. The van der Waals surface area contributed by atoms with Crippen LogP contribution < -0.4 is 9.80 Å². The second kappa shape index (κ2) is 13.9. The van der Waals surface area contributed by atoms with E-state index in [1.807, 2.05) is 0 Å². The predicted octanol–water partition coefficient (Wildman–Crippen LogP) is 16.1. The molecule has 0 saturated carbocycles. The van der Waals surface area contributed by atoms with Crippen molar-refractivity contribution in [3.05, 3.63) is 230 Å². The van der Waals surface area contributed by atoms with Gasteiger partial charge < -0.3 is 9.80 Å². The van der Waals surface area contributed by atoms with E-state index in [1.54, 1.807) is 0 Å². The molecule has 10 aromatic carbocycles. The number of rotatable bonds is 6. The Morgan fingerprint density at radius 3 is 1.78 bits per heavy atom. The predicted molar refractivity (Wildman–Crippen MR) is 251 cm³/mol. The highest BCUT2D eigenvalue weighted by molar-refractivity contribution is 6.11. The Morgan fingerprint density at radius 1 is 0.390 bits per heavy atom. The van der Waals surface area contributed by atoms with Gasteiger partial charge in [0.15, 0.2) is 0 Å². The van der Waals surface area contributed by atoms with E-state index in [9.17, 15) is 0 Å². The standard InChI is InChI=1S/C57H42N2/c1-57(2)50-26-12-13-27-52(50)59(53-29-15-25-48(55(53)57)45-31-30-40-18-6-7-21-44(40)38-45)56-49-24-11-9-20-43(49)34-37-54(56)58(51-28-14-22-42-19-8-10-23-47(42)51)46-35-32-41(33-36-46)39-16-4-3-5-17-39/h3-38H,1-2H3. The van der Waals surface area contributed by atoms with E-state index >= 15 is 0 Å². The zero-order chi connectivity index (χ0) is 39.5. The smallest absolute Gasteiger partial charge is 0.0781 e. The van der Waals surface area contributed by atoms with E-state index in [-0.39, 0.29) is 5.41 Å². The summed E-state index contributed by atoms with van der Waals surface area (Å²) in [5.41, 5.74) is 14.0. The van der Waals surface area contributed by atoms with Crippen LogP contribution in [-0.4, -0.2) is 0 Å². The molecule has 10 aromatic rings. The van der Waals surface area contributed by atoms with E-state index < -0.39 is 0 Å². The number of para-hydroxylation sites is 1. The number of hydrogen-bond donors (Lipinski definition) is 0. The Labute approximate surface area is 345 Å². The Kier molecular flexibility index (Phi) is 8.20. The molecule has 0 N–H and O–H groups in total. The molecule has 1 aliphatic rings. The van der Waals surface area contributed by atoms with Gasteiger partial charge in [0.2, 0.25) is 0 Å². The lowest BCUT2D eigenvalue weighted by atomic mass is 9.70.